The van der Waals surface area contributed by atoms with Gasteiger partial charge in [0.05, 0.1) is 17.5 Å². The third-order valence-corrected chi connectivity index (χ3v) is 7.20. The van der Waals surface area contributed by atoms with Crippen LogP contribution in [0.4, 0.5) is 10.1 Å². The van der Waals surface area contributed by atoms with Crippen molar-refractivity contribution in [2.45, 2.75) is 59.0 Å². The molecule has 1 saturated carbocycles. The molecule has 1 aromatic carbocycles. The Morgan fingerprint density at radius 3 is 2.67 bits per heavy atom. The molecule has 0 unspecified atom stereocenters. The van der Waals surface area contributed by atoms with Gasteiger partial charge in [0.1, 0.15) is 11.5 Å². The number of amides is 2. The number of carbonyl (C=O) groups is 2. The van der Waals surface area contributed by atoms with Crippen LogP contribution in [0.2, 0.25) is 0 Å². The summed E-state index contributed by atoms with van der Waals surface area (Å²) in [6, 6.07) is 7.96. The van der Waals surface area contributed by atoms with Gasteiger partial charge in [0, 0.05) is 42.5 Å². The minimum absolute atomic E-state index is 0.0420. The average Bonchev–Trinajstić information content (AvgIpc) is 3.67. The summed E-state index contributed by atoms with van der Waals surface area (Å²) in [5, 5.41) is 2.82. The number of benzene rings is 1. The summed E-state index contributed by atoms with van der Waals surface area (Å²) in [6.45, 7) is 12.4. The minimum Gasteiger partial charge on any atom is -0.404 e. The molecule has 4 rings (SSSR count). The van der Waals surface area contributed by atoms with E-state index >= 15 is 0 Å². The zero-order valence-corrected chi connectivity index (χ0v) is 23.1. The van der Waals surface area contributed by atoms with Crippen molar-refractivity contribution in [2.24, 2.45) is 27.1 Å². The number of rotatable bonds is 9. The van der Waals surface area contributed by atoms with Crippen molar-refractivity contribution in [3.63, 3.8) is 0 Å². The van der Waals surface area contributed by atoms with Crippen LogP contribution in [0, 0.1) is 24.1 Å². The fourth-order valence-corrected chi connectivity index (χ4v) is 5.12. The molecule has 2 aromatic rings. The van der Waals surface area contributed by atoms with Gasteiger partial charge in [-0.3, -0.25) is 19.6 Å². The van der Waals surface area contributed by atoms with Gasteiger partial charge in [-0.25, -0.2) is 9.37 Å². The number of hydrogen-bond donors (Lipinski definition) is 2. The quantitative estimate of drug-likeness (QED) is 0.464. The summed E-state index contributed by atoms with van der Waals surface area (Å²) in [6.07, 6.45) is 5.79. The highest BCUT2D eigenvalue weighted by Gasteiger charge is 2.55. The Kier molecular flexibility index (Phi) is 7.99. The predicted molar refractivity (Wildman–Crippen MR) is 153 cm³/mol. The van der Waals surface area contributed by atoms with Gasteiger partial charge in [0.2, 0.25) is 5.91 Å². The molecule has 39 heavy (non-hydrogen) atoms. The lowest BCUT2D eigenvalue weighted by molar-refractivity contribution is -0.126. The number of anilines is 1. The first kappa shape index (κ1) is 28.1. The maximum atomic E-state index is 14.5. The number of pyridine rings is 1. The summed E-state index contributed by atoms with van der Waals surface area (Å²) in [5.74, 6) is -0.475. The monoisotopic (exact) mass is 532 g/mol. The fraction of sp³-hybridized carbons (Fsp3) is 0.433. The first-order chi connectivity index (χ1) is 18.5. The van der Waals surface area contributed by atoms with Crippen molar-refractivity contribution >= 4 is 36.0 Å². The van der Waals surface area contributed by atoms with Gasteiger partial charge in [-0.15, -0.1) is 0 Å². The van der Waals surface area contributed by atoms with Gasteiger partial charge in [0.15, 0.2) is 0 Å². The predicted octanol–water partition coefficient (Wildman–Crippen LogP) is 4.46. The maximum absolute atomic E-state index is 14.5. The first-order valence-corrected chi connectivity index (χ1v) is 13.2. The Hall–Kier alpha value is -3.88. The van der Waals surface area contributed by atoms with Crippen molar-refractivity contribution < 1.29 is 14.0 Å². The van der Waals surface area contributed by atoms with Gasteiger partial charge >= 0.3 is 0 Å². The van der Waals surface area contributed by atoms with Crippen molar-refractivity contribution in [1.29, 1.82) is 0 Å². The average molecular weight is 533 g/mol. The van der Waals surface area contributed by atoms with E-state index in [1.165, 1.54) is 18.3 Å². The smallest absolute Gasteiger partial charge is 0.270 e. The second-order valence-corrected chi connectivity index (χ2v) is 11.5. The largest absolute Gasteiger partial charge is 0.404 e. The van der Waals surface area contributed by atoms with E-state index in [2.05, 4.69) is 27.0 Å². The molecule has 1 aliphatic carbocycles. The Bertz CT molecular complexity index is 1340. The van der Waals surface area contributed by atoms with Crippen molar-refractivity contribution in [3.05, 3.63) is 64.9 Å². The van der Waals surface area contributed by atoms with E-state index in [9.17, 15) is 14.0 Å². The molecule has 2 aliphatic rings. The standard InChI is InChI=1S/C30H37FN6O2/c1-19-10-25(37-9-8-30(18-33-5,28(37)39)23-6-7-23)14-26(36-19)27(38)34-16-20-11-21(13-24(31)12-20)22(15-32)17-35-29(2,3)4/h10-15,17,23H,5-9,16,18,32H2,1-4H3,(H,34,38)/t30-/m1/s1. The first-order valence-electron chi connectivity index (χ1n) is 13.2. The van der Waals surface area contributed by atoms with Crippen molar-refractivity contribution in [1.82, 2.24) is 10.3 Å². The molecule has 0 radical (unpaired) electrons. The summed E-state index contributed by atoms with van der Waals surface area (Å²) >= 11 is 0. The van der Waals surface area contributed by atoms with Crippen LogP contribution in [0.25, 0.3) is 5.57 Å². The van der Waals surface area contributed by atoms with E-state index < -0.39 is 17.1 Å². The number of nitrogens with two attached hydrogens (primary N) is 1. The van der Waals surface area contributed by atoms with Crippen molar-refractivity contribution in [3.8, 4) is 0 Å². The number of allylic oxidation sites excluding steroid dienone is 1. The number of halogens is 1. The Morgan fingerprint density at radius 2 is 2.03 bits per heavy atom. The normalized spacial score (nSPS) is 20.1. The molecule has 2 fully saturated rings. The maximum Gasteiger partial charge on any atom is 0.270 e. The molecule has 8 nitrogen and oxygen atoms in total. The van der Waals surface area contributed by atoms with Crippen LogP contribution in [0.3, 0.4) is 0 Å². The van der Waals surface area contributed by atoms with E-state index in [1.807, 2.05) is 26.8 Å². The highest BCUT2D eigenvalue weighted by Crippen LogP contribution is 2.52. The van der Waals surface area contributed by atoms with Crippen LogP contribution < -0.4 is 16.0 Å². The molecule has 206 valence electrons. The molecule has 1 saturated heterocycles. The zero-order valence-electron chi connectivity index (χ0n) is 23.1. The van der Waals surface area contributed by atoms with E-state index in [-0.39, 0.29) is 23.7 Å². The van der Waals surface area contributed by atoms with E-state index in [1.54, 1.807) is 30.2 Å². The van der Waals surface area contributed by atoms with Crippen LogP contribution in [-0.2, 0) is 11.3 Å². The second-order valence-electron chi connectivity index (χ2n) is 11.5. The molecular weight excluding hydrogens is 495 g/mol. The number of aliphatic imine (C=N–C) groups is 2. The van der Waals surface area contributed by atoms with Crippen LogP contribution in [0.15, 0.2) is 46.5 Å². The highest BCUT2D eigenvalue weighted by molar-refractivity contribution is 6.09. The van der Waals surface area contributed by atoms with Gasteiger partial charge in [-0.05, 0) is 101 Å². The summed E-state index contributed by atoms with van der Waals surface area (Å²) < 4.78 is 14.5. The third-order valence-electron chi connectivity index (χ3n) is 7.20. The number of aromatic nitrogens is 1. The van der Waals surface area contributed by atoms with Gasteiger partial charge in [0.25, 0.3) is 5.91 Å². The van der Waals surface area contributed by atoms with Gasteiger partial charge < -0.3 is 16.0 Å². The van der Waals surface area contributed by atoms with Crippen LogP contribution in [0.1, 0.15) is 67.3 Å². The van der Waals surface area contributed by atoms with Crippen LogP contribution in [0.5, 0.6) is 0 Å². The zero-order chi connectivity index (χ0) is 28.4. The molecule has 9 heteroatoms. The lowest BCUT2D eigenvalue weighted by atomic mass is 9.81. The van der Waals surface area contributed by atoms with Crippen molar-refractivity contribution in [2.75, 3.05) is 18.0 Å². The molecule has 1 aromatic heterocycles. The highest BCUT2D eigenvalue weighted by atomic mass is 19.1. The Morgan fingerprint density at radius 1 is 1.28 bits per heavy atom. The second kappa shape index (κ2) is 11.1. The number of nitrogens with one attached hydrogen (secondary N) is 1. The summed E-state index contributed by atoms with van der Waals surface area (Å²) in [7, 11) is 0. The number of nitrogens with zero attached hydrogens (tertiary/aromatic N) is 4. The summed E-state index contributed by atoms with van der Waals surface area (Å²) in [4.78, 5) is 41.3. The SMILES string of the molecule is C=NC[C@@]1(C2CC2)CCN(c2cc(C)nc(C(=O)NCc3cc(F)cc(C(C=NC(C)(C)C)=CN)c3)c2)C1=O. The number of carbonyl (C=O) groups excluding carboxylic acids is 2. The fourth-order valence-electron chi connectivity index (χ4n) is 5.12. The molecule has 2 heterocycles. The van der Waals surface area contributed by atoms with E-state index in [0.29, 0.717) is 47.1 Å². The van der Waals surface area contributed by atoms with E-state index in [0.717, 1.165) is 19.3 Å². The molecule has 3 N–H and O–H groups in total. The molecular formula is C30H37FN6O2. The van der Waals surface area contributed by atoms with Gasteiger partial charge in [-0.2, -0.15) is 0 Å². The number of aryl methyl sites for hydroxylation is 1. The lowest BCUT2D eigenvalue weighted by Gasteiger charge is -2.26. The Labute approximate surface area is 229 Å². The Balaban J connectivity index is 1.50. The summed E-state index contributed by atoms with van der Waals surface area (Å²) in [5.41, 5.74) is 8.15. The van der Waals surface area contributed by atoms with Crippen LogP contribution >= 0.6 is 0 Å². The molecule has 1 aliphatic heterocycles. The van der Waals surface area contributed by atoms with Gasteiger partial charge in [-0.1, -0.05) is 0 Å². The molecule has 0 spiro atoms. The topological polar surface area (TPSA) is 113 Å². The minimum atomic E-state index is -0.495. The van der Waals surface area contributed by atoms with E-state index in [4.69, 9.17) is 5.73 Å². The molecule has 0 bridgehead atoms. The number of hydrogen-bond acceptors (Lipinski definition) is 6. The third kappa shape index (κ3) is 6.41. The molecule has 2 amide bonds. The van der Waals surface area contributed by atoms with Crippen LogP contribution in [-0.4, -0.2) is 48.4 Å². The molecule has 1 atom stereocenters. The lowest BCUT2D eigenvalue weighted by Crippen LogP contribution is -2.38.